The number of rotatable bonds is 4. The molecule has 1 rings (SSSR count). The molecule has 3 N–H and O–H groups in total. The summed E-state index contributed by atoms with van der Waals surface area (Å²) in [6.07, 6.45) is 5.89. The van der Waals surface area contributed by atoms with E-state index in [0.29, 0.717) is 11.5 Å². The van der Waals surface area contributed by atoms with E-state index in [9.17, 15) is 4.79 Å². The van der Waals surface area contributed by atoms with Gasteiger partial charge in [-0.3, -0.25) is 4.79 Å². The van der Waals surface area contributed by atoms with Crippen molar-refractivity contribution >= 4 is 5.91 Å². The first-order chi connectivity index (χ1) is 7.86. The molecule has 1 fully saturated rings. The Bertz CT molecular complexity index is 253. The maximum absolute atomic E-state index is 11.5. The average Bonchev–Trinajstić information content (AvgIpc) is 2.29. The van der Waals surface area contributed by atoms with Crippen LogP contribution in [0.4, 0.5) is 0 Å². The van der Waals surface area contributed by atoms with Gasteiger partial charge in [-0.15, -0.1) is 0 Å². The van der Waals surface area contributed by atoms with Gasteiger partial charge in [0.15, 0.2) is 0 Å². The molecule has 0 heterocycles. The Morgan fingerprint density at radius 1 is 1.35 bits per heavy atom. The number of hydrogen-bond acceptors (Lipinski definition) is 2. The van der Waals surface area contributed by atoms with Gasteiger partial charge in [0.1, 0.15) is 0 Å². The minimum atomic E-state index is -0.389. The molecule has 3 heteroatoms. The van der Waals surface area contributed by atoms with E-state index in [1.54, 1.807) is 6.92 Å². The van der Waals surface area contributed by atoms with Gasteiger partial charge in [0.25, 0.3) is 0 Å². The van der Waals surface area contributed by atoms with Gasteiger partial charge in [-0.1, -0.05) is 27.2 Å². The average molecular weight is 240 g/mol. The standard InChI is InChI=1S/C14H28N2O/c1-5-14(3,4)11-6-8-12(9-7-11)16-13(17)10(2)15/h10-12H,5-9,15H2,1-4H3,(H,16,17)/t10-,11?,12?/m1/s1. The van der Waals surface area contributed by atoms with Crippen LogP contribution in [0, 0.1) is 11.3 Å². The number of nitrogens with two attached hydrogens (primary N) is 1. The van der Waals surface area contributed by atoms with Crippen molar-refractivity contribution in [2.75, 3.05) is 0 Å². The highest BCUT2D eigenvalue weighted by Gasteiger charge is 2.32. The van der Waals surface area contributed by atoms with Gasteiger partial charge in [0.05, 0.1) is 6.04 Å². The van der Waals surface area contributed by atoms with Crippen molar-refractivity contribution in [1.82, 2.24) is 5.32 Å². The first kappa shape index (κ1) is 14.5. The van der Waals surface area contributed by atoms with Crippen molar-refractivity contribution in [1.29, 1.82) is 0 Å². The molecule has 0 aromatic heterocycles. The highest BCUT2D eigenvalue weighted by molar-refractivity contribution is 5.81. The number of amides is 1. The molecular formula is C14H28N2O. The molecule has 1 saturated carbocycles. The van der Waals surface area contributed by atoms with Crippen LogP contribution >= 0.6 is 0 Å². The van der Waals surface area contributed by atoms with Crippen LogP contribution in [0.3, 0.4) is 0 Å². The Kier molecular flexibility index (Phi) is 4.99. The first-order valence-electron chi connectivity index (χ1n) is 6.92. The lowest BCUT2D eigenvalue weighted by molar-refractivity contribution is -0.123. The maximum atomic E-state index is 11.5. The van der Waals surface area contributed by atoms with Gasteiger partial charge in [0, 0.05) is 6.04 Å². The van der Waals surface area contributed by atoms with E-state index in [2.05, 4.69) is 26.1 Å². The molecule has 0 radical (unpaired) electrons. The minimum Gasteiger partial charge on any atom is -0.352 e. The number of nitrogens with one attached hydrogen (secondary N) is 1. The fraction of sp³-hybridized carbons (Fsp3) is 0.929. The summed E-state index contributed by atoms with van der Waals surface area (Å²) in [5.41, 5.74) is 6.00. The summed E-state index contributed by atoms with van der Waals surface area (Å²) in [5.74, 6) is 0.791. The normalized spacial score (nSPS) is 27.6. The molecule has 0 aliphatic heterocycles. The second-order valence-electron chi connectivity index (χ2n) is 6.19. The topological polar surface area (TPSA) is 55.1 Å². The molecule has 0 aromatic rings. The van der Waals surface area contributed by atoms with Gasteiger partial charge in [0.2, 0.25) is 5.91 Å². The summed E-state index contributed by atoms with van der Waals surface area (Å²) in [6.45, 7) is 8.72. The highest BCUT2D eigenvalue weighted by atomic mass is 16.2. The van der Waals surface area contributed by atoms with Gasteiger partial charge in [-0.2, -0.15) is 0 Å². The SMILES string of the molecule is CCC(C)(C)C1CCC(NC(=O)[C@@H](C)N)CC1. The van der Waals surface area contributed by atoms with E-state index in [1.807, 2.05) is 0 Å². The zero-order valence-corrected chi connectivity index (χ0v) is 11.8. The Morgan fingerprint density at radius 2 is 1.88 bits per heavy atom. The Morgan fingerprint density at radius 3 is 2.29 bits per heavy atom. The number of carbonyl (C=O) groups is 1. The predicted octanol–water partition coefficient (Wildman–Crippen LogP) is 2.44. The van der Waals surface area contributed by atoms with Gasteiger partial charge >= 0.3 is 0 Å². The first-order valence-corrected chi connectivity index (χ1v) is 6.92. The number of carbonyl (C=O) groups excluding carboxylic acids is 1. The van der Waals surface area contributed by atoms with Gasteiger partial charge in [-0.05, 0) is 43.9 Å². The summed E-state index contributed by atoms with van der Waals surface area (Å²) in [6, 6.07) is -0.0442. The van der Waals surface area contributed by atoms with Crippen LogP contribution in [-0.2, 0) is 4.79 Å². The predicted molar refractivity (Wildman–Crippen MR) is 71.6 cm³/mol. The summed E-state index contributed by atoms with van der Waals surface area (Å²) < 4.78 is 0. The van der Waals surface area contributed by atoms with Crippen molar-refractivity contribution in [2.45, 2.75) is 71.9 Å². The highest BCUT2D eigenvalue weighted by Crippen LogP contribution is 2.40. The van der Waals surface area contributed by atoms with E-state index >= 15 is 0 Å². The van der Waals surface area contributed by atoms with Crippen LogP contribution in [0.2, 0.25) is 0 Å². The third-order valence-corrected chi connectivity index (χ3v) is 4.50. The monoisotopic (exact) mass is 240 g/mol. The van der Waals surface area contributed by atoms with Crippen LogP contribution in [-0.4, -0.2) is 18.0 Å². The van der Waals surface area contributed by atoms with E-state index in [1.165, 1.54) is 19.3 Å². The molecule has 1 atom stereocenters. The Hall–Kier alpha value is -0.570. The van der Waals surface area contributed by atoms with Crippen LogP contribution in [0.25, 0.3) is 0 Å². The Labute approximate surface area is 106 Å². The van der Waals surface area contributed by atoms with Crippen molar-refractivity contribution in [3.63, 3.8) is 0 Å². The van der Waals surface area contributed by atoms with E-state index in [4.69, 9.17) is 5.73 Å². The van der Waals surface area contributed by atoms with Gasteiger partial charge in [-0.25, -0.2) is 0 Å². The van der Waals surface area contributed by atoms with Crippen molar-refractivity contribution < 1.29 is 4.79 Å². The smallest absolute Gasteiger partial charge is 0.236 e. The minimum absolute atomic E-state index is 0.0109. The molecule has 0 saturated heterocycles. The summed E-state index contributed by atoms with van der Waals surface area (Å²) in [5, 5.41) is 3.04. The van der Waals surface area contributed by atoms with Crippen LogP contribution < -0.4 is 11.1 Å². The molecule has 0 bridgehead atoms. The maximum Gasteiger partial charge on any atom is 0.236 e. The van der Waals surface area contributed by atoms with Crippen LogP contribution in [0.1, 0.15) is 59.8 Å². The van der Waals surface area contributed by atoms with E-state index in [-0.39, 0.29) is 11.9 Å². The van der Waals surface area contributed by atoms with Crippen LogP contribution in [0.5, 0.6) is 0 Å². The van der Waals surface area contributed by atoms with Gasteiger partial charge < -0.3 is 11.1 Å². The molecule has 17 heavy (non-hydrogen) atoms. The third-order valence-electron chi connectivity index (χ3n) is 4.50. The molecule has 0 aromatic carbocycles. The second-order valence-corrected chi connectivity index (χ2v) is 6.19. The summed E-state index contributed by atoms with van der Waals surface area (Å²) in [7, 11) is 0. The quantitative estimate of drug-likeness (QED) is 0.793. The van der Waals surface area contributed by atoms with E-state index in [0.717, 1.165) is 18.8 Å². The molecule has 100 valence electrons. The van der Waals surface area contributed by atoms with Crippen LogP contribution in [0.15, 0.2) is 0 Å². The lowest BCUT2D eigenvalue weighted by Gasteiger charge is -2.39. The zero-order chi connectivity index (χ0) is 13.1. The fourth-order valence-corrected chi connectivity index (χ4v) is 2.64. The fourth-order valence-electron chi connectivity index (χ4n) is 2.64. The summed E-state index contributed by atoms with van der Waals surface area (Å²) >= 11 is 0. The lowest BCUT2D eigenvalue weighted by atomic mass is 9.69. The largest absolute Gasteiger partial charge is 0.352 e. The van der Waals surface area contributed by atoms with Crippen molar-refractivity contribution in [3.05, 3.63) is 0 Å². The third kappa shape index (κ3) is 3.98. The molecule has 1 aliphatic carbocycles. The lowest BCUT2D eigenvalue weighted by Crippen LogP contribution is -2.45. The molecule has 1 amide bonds. The van der Waals surface area contributed by atoms with Crippen molar-refractivity contribution in [2.24, 2.45) is 17.1 Å². The second kappa shape index (κ2) is 5.85. The molecule has 0 spiro atoms. The zero-order valence-electron chi connectivity index (χ0n) is 11.8. The molecule has 0 unspecified atom stereocenters. The van der Waals surface area contributed by atoms with E-state index < -0.39 is 0 Å². The van der Waals surface area contributed by atoms with Crippen molar-refractivity contribution in [3.8, 4) is 0 Å². The molecule has 3 nitrogen and oxygen atoms in total. The molecule has 1 aliphatic rings. The summed E-state index contributed by atoms with van der Waals surface area (Å²) in [4.78, 5) is 11.5. The number of hydrogen-bond donors (Lipinski definition) is 2. The molecular weight excluding hydrogens is 212 g/mol. The Balaban J connectivity index is 2.38.